The van der Waals surface area contributed by atoms with Gasteiger partial charge in [-0.25, -0.2) is 4.98 Å². The lowest BCUT2D eigenvalue weighted by atomic mass is 10.2. The van der Waals surface area contributed by atoms with Crippen LogP contribution in [0.2, 0.25) is 0 Å². The smallest absolute Gasteiger partial charge is 0.170 e. The molecule has 94 valence electrons. The Kier molecular flexibility index (Phi) is 4.21. The highest BCUT2D eigenvalue weighted by atomic mass is 16.5. The van der Waals surface area contributed by atoms with Gasteiger partial charge in [-0.15, -0.1) is 0 Å². The number of hydrogen-bond acceptors (Lipinski definition) is 4. The third kappa shape index (κ3) is 3.37. The van der Waals surface area contributed by atoms with E-state index in [1.165, 1.54) is 0 Å². The molecule has 0 aliphatic carbocycles. The van der Waals surface area contributed by atoms with Crippen molar-refractivity contribution in [3.63, 3.8) is 0 Å². The summed E-state index contributed by atoms with van der Waals surface area (Å²) >= 11 is 0. The predicted molar refractivity (Wildman–Crippen MR) is 71.8 cm³/mol. The first-order chi connectivity index (χ1) is 9.33. The van der Waals surface area contributed by atoms with Gasteiger partial charge in [0.2, 0.25) is 0 Å². The number of rotatable bonds is 1. The molecule has 0 bridgehead atoms. The Balaban J connectivity index is 2.18. The van der Waals surface area contributed by atoms with Crippen molar-refractivity contribution in [1.29, 1.82) is 0 Å². The molecule has 2 aromatic heterocycles. The van der Waals surface area contributed by atoms with Crippen molar-refractivity contribution in [2.75, 3.05) is 7.05 Å². The molecule has 5 heteroatoms. The lowest BCUT2D eigenvalue weighted by Gasteiger charge is -2.01. The van der Waals surface area contributed by atoms with Gasteiger partial charge in [0.15, 0.2) is 5.84 Å². The number of hydroxylamine groups is 1. The molecule has 19 heavy (non-hydrogen) atoms. The number of hydrogen-bond donors (Lipinski definition) is 2. The number of pyridine rings is 2. The Hall–Kier alpha value is -2.71. The lowest BCUT2D eigenvalue weighted by molar-refractivity contribution is 0.234. The standard InChI is InChI=1S/C14H12N4O/c1-15-14(18-19)13-8-6-11(10-17-13)5-7-12-4-2-3-9-16-12/h2-4,6,8-10,19H,1H3,(H,15,18). The van der Waals surface area contributed by atoms with E-state index in [1.807, 2.05) is 23.7 Å². The maximum Gasteiger partial charge on any atom is 0.170 e. The molecule has 5 nitrogen and oxygen atoms in total. The van der Waals surface area contributed by atoms with Gasteiger partial charge in [0.05, 0.1) is 0 Å². The summed E-state index contributed by atoms with van der Waals surface area (Å²) in [4.78, 5) is 12.1. The molecular weight excluding hydrogens is 240 g/mol. The zero-order valence-electron chi connectivity index (χ0n) is 10.3. The van der Waals surface area contributed by atoms with Crippen molar-refractivity contribution in [3.05, 3.63) is 59.7 Å². The Morgan fingerprint density at radius 2 is 2.11 bits per heavy atom. The normalized spacial score (nSPS) is 10.5. The fourth-order valence-electron chi connectivity index (χ4n) is 1.40. The molecule has 0 aromatic carbocycles. The average molecular weight is 252 g/mol. The minimum absolute atomic E-state index is 0.309. The van der Waals surface area contributed by atoms with Gasteiger partial charge >= 0.3 is 0 Å². The minimum Gasteiger partial charge on any atom is -0.290 e. The third-order valence-corrected chi connectivity index (χ3v) is 2.34. The molecule has 0 amide bonds. The van der Waals surface area contributed by atoms with Crippen molar-refractivity contribution < 1.29 is 5.21 Å². The molecule has 0 spiro atoms. The summed E-state index contributed by atoms with van der Waals surface area (Å²) in [7, 11) is 1.56. The Morgan fingerprint density at radius 1 is 1.21 bits per heavy atom. The first-order valence-corrected chi connectivity index (χ1v) is 5.60. The zero-order valence-corrected chi connectivity index (χ0v) is 10.3. The van der Waals surface area contributed by atoms with E-state index in [0.717, 1.165) is 5.56 Å². The summed E-state index contributed by atoms with van der Waals surface area (Å²) < 4.78 is 0. The zero-order chi connectivity index (χ0) is 13.5. The van der Waals surface area contributed by atoms with Crippen molar-refractivity contribution in [3.8, 4) is 11.8 Å². The van der Waals surface area contributed by atoms with E-state index in [-0.39, 0.29) is 0 Å². The molecule has 2 aromatic rings. The van der Waals surface area contributed by atoms with Gasteiger partial charge in [-0.1, -0.05) is 12.0 Å². The first-order valence-electron chi connectivity index (χ1n) is 5.60. The minimum atomic E-state index is 0.309. The highest BCUT2D eigenvalue weighted by molar-refractivity contribution is 5.96. The monoisotopic (exact) mass is 252 g/mol. The maximum absolute atomic E-state index is 8.84. The number of aliphatic imine (C=N–C) groups is 1. The molecule has 2 rings (SSSR count). The molecule has 2 N–H and O–H groups in total. The van der Waals surface area contributed by atoms with Crippen molar-refractivity contribution in [2.24, 2.45) is 4.99 Å². The molecule has 0 unspecified atom stereocenters. The van der Waals surface area contributed by atoms with Crippen LogP contribution in [-0.4, -0.2) is 28.1 Å². The van der Waals surface area contributed by atoms with E-state index < -0.39 is 0 Å². The molecule has 0 aliphatic heterocycles. The molecule has 0 saturated heterocycles. The van der Waals surface area contributed by atoms with Gasteiger partial charge in [-0.2, -0.15) is 0 Å². The second-order valence-electron chi connectivity index (χ2n) is 3.58. The van der Waals surface area contributed by atoms with Crippen LogP contribution in [0.15, 0.2) is 47.7 Å². The van der Waals surface area contributed by atoms with Crippen LogP contribution in [0, 0.1) is 11.8 Å². The van der Waals surface area contributed by atoms with Gasteiger partial charge in [-0.05, 0) is 30.2 Å². The summed E-state index contributed by atoms with van der Waals surface area (Å²) in [6, 6.07) is 9.10. The van der Waals surface area contributed by atoms with Crippen molar-refractivity contribution in [2.45, 2.75) is 0 Å². The number of nitrogens with zero attached hydrogens (tertiary/aromatic N) is 3. The molecule has 0 aliphatic rings. The van der Waals surface area contributed by atoms with Crippen LogP contribution in [0.1, 0.15) is 17.0 Å². The van der Waals surface area contributed by atoms with E-state index in [4.69, 9.17) is 5.21 Å². The average Bonchev–Trinajstić information content (AvgIpc) is 2.49. The fraction of sp³-hybridized carbons (Fsp3) is 0.0714. The highest BCUT2D eigenvalue weighted by Gasteiger charge is 2.01. The Morgan fingerprint density at radius 3 is 2.68 bits per heavy atom. The van der Waals surface area contributed by atoms with Gasteiger partial charge < -0.3 is 0 Å². The van der Waals surface area contributed by atoms with E-state index in [0.29, 0.717) is 17.2 Å². The topological polar surface area (TPSA) is 70.4 Å². The first kappa shape index (κ1) is 12.7. The third-order valence-electron chi connectivity index (χ3n) is 2.34. The van der Waals surface area contributed by atoms with E-state index in [9.17, 15) is 0 Å². The molecule has 0 atom stereocenters. The number of aromatic nitrogens is 2. The van der Waals surface area contributed by atoms with Crippen LogP contribution in [0.25, 0.3) is 0 Å². The van der Waals surface area contributed by atoms with Crippen LogP contribution < -0.4 is 5.48 Å². The van der Waals surface area contributed by atoms with E-state index in [2.05, 4.69) is 26.8 Å². The molecule has 0 fully saturated rings. The van der Waals surface area contributed by atoms with Gasteiger partial charge in [0.1, 0.15) is 11.4 Å². The van der Waals surface area contributed by atoms with Gasteiger partial charge in [0.25, 0.3) is 0 Å². The fourth-order valence-corrected chi connectivity index (χ4v) is 1.40. The summed E-state index contributed by atoms with van der Waals surface area (Å²) in [5.41, 5.74) is 4.01. The summed E-state index contributed by atoms with van der Waals surface area (Å²) in [5.74, 6) is 6.22. The van der Waals surface area contributed by atoms with Gasteiger partial charge in [-0.3, -0.25) is 20.7 Å². The summed E-state index contributed by atoms with van der Waals surface area (Å²) in [6.45, 7) is 0. The Labute approximate surface area is 111 Å². The van der Waals surface area contributed by atoms with Crippen LogP contribution in [0.5, 0.6) is 0 Å². The van der Waals surface area contributed by atoms with Crippen LogP contribution in [0.3, 0.4) is 0 Å². The largest absolute Gasteiger partial charge is 0.290 e. The maximum atomic E-state index is 8.84. The van der Waals surface area contributed by atoms with Crippen LogP contribution in [-0.2, 0) is 0 Å². The van der Waals surface area contributed by atoms with Crippen LogP contribution in [0.4, 0.5) is 0 Å². The quantitative estimate of drug-likeness (QED) is 0.346. The van der Waals surface area contributed by atoms with Gasteiger partial charge in [0, 0.05) is 25.0 Å². The second-order valence-corrected chi connectivity index (χ2v) is 3.58. The summed E-state index contributed by atoms with van der Waals surface area (Å²) in [6.07, 6.45) is 3.32. The van der Waals surface area contributed by atoms with Crippen molar-refractivity contribution >= 4 is 5.84 Å². The molecular formula is C14H12N4O. The van der Waals surface area contributed by atoms with Crippen molar-refractivity contribution in [1.82, 2.24) is 15.4 Å². The molecule has 0 radical (unpaired) electrons. The molecule has 0 saturated carbocycles. The molecule has 2 heterocycles. The predicted octanol–water partition coefficient (Wildman–Crippen LogP) is 1.23. The SMILES string of the molecule is CN=C(NO)c1ccc(C#Cc2ccccn2)cn1. The number of nitrogens with one attached hydrogen (secondary N) is 1. The van der Waals surface area contributed by atoms with E-state index >= 15 is 0 Å². The Bertz CT molecular complexity index is 624. The highest BCUT2D eigenvalue weighted by Crippen LogP contribution is 2.00. The van der Waals surface area contributed by atoms with E-state index in [1.54, 1.807) is 31.6 Å². The van der Waals surface area contributed by atoms with Crippen LogP contribution >= 0.6 is 0 Å². The summed E-state index contributed by atoms with van der Waals surface area (Å²) in [5, 5.41) is 8.84. The second kappa shape index (κ2) is 6.28. The number of amidine groups is 1. The lowest BCUT2D eigenvalue weighted by Crippen LogP contribution is -2.21.